The molecule has 1 N–H and O–H groups in total. The lowest BCUT2D eigenvalue weighted by Crippen LogP contribution is -2.22. The normalized spacial score (nSPS) is 12.6. The monoisotopic (exact) mass is 246 g/mol. The van der Waals surface area contributed by atoms with E-state index < -0.39 is 0 Å². The van der Waals surface area contributed by atoms with Crippen molar-refractivity contribution >= 4 is 11.3 Å². The number of thiophene rings is 1. The highest BCUT2D eigenvalue weighted by molar-refractivity contribution is 7.08. The number of pyridine rings is 1. The van der Waals surface area contributed by atoms with E-state index in [2.05, 4.69) is 47.0 Å². The highest BCUT2D eigenvalue weighted by atomic mass is 32.1. The number of rotatable bonds is 5. The molecule has 90 valence electrons. The maximum absolute atomic E-state index is 4.21. The Labute approximate surface area is 107 Å². The molecule has 0 amide bonds. The van der Waals surface area contributed by atoms with E-state index in [-0.39, 0.29) is 0 Å². The van der Waals surface area contributed by atoms with Gasteiger partial charge in [-0.2, -0.15) is 11.3 Å². The Morgan fingerprint density at radius 2 is 2.24 bits per heavy atom. The van der Waals surface area contributed by atoms with Crippen molar-refractivity contribution in [1.29, 1.82) is 0 Å². The molecular formula is C14H18N2S. The minimum atomic E-state index is 0.296. The molecule has 0 saturated heterocycles. The van der Waals surface area contributed by atoms with Crippen LogP contribution < -0.4 is 5.32 Å². The molecule has 0 fully saturated rings. The van der Waals surface area contributed by atoms with Crippen LogP contribution in [0, 0.1) is 0 Å². The van der Waals surface area contributed by atoms with Gasteiger partial charge in [0.2, 0.25) is 0 Å². The van der Waals surface area contributed by atoms with E-state index in [0.29, 0.717) is 6.04 Å². The van der Waals surface area contributed by atoms with Gasteiger partial charge in [-0.05, 0) is 52.5 Å². The van der Waals surface area contributed by atoms with Crippen LogP contribution in [0.5, 0.6) is 0 Å². The highest BCUT2D eigenvalue weighted by Gasteiger charge is 2.15. The lowest BCUT2D eigenvalue weighted by atomic mass is 9.96. The van der Waals surface area contributed by atoms with Crippen molar-refractivity contribution in [3.05, 3.63) is 52.0 Å². The molecule has 0 bridgehead atoms. The van der Waals surface area contributed by atoms with Gasteiger partial charge >= 0.3 is 0 Å². The molecule has 2 aromatic rings. The minimum absolute atomic E-state index is 0.296. The molecule has 2 rings (SSSR count). The minimum Gasteiger partial charge on any atom is -0.306 e. The van der Waals surface area contributed by atoms with E-state index in [1.165, 1.54) is 16.7 Å². The summed E-state index contributed by atoms with van der Waals surface area (Å²) in [5.74, 6) is 0. The van der Waals surface area contributed by atoms with Crippen LogP contribution in [0.3, 0.4) is 0 Å². The average Bonchev–Trinajstić information content (AvgIpc) is 2.89. The number of aryl methyl sites for hydroxylation is 1. The van der Waals surface area contributed by atoms with Crippen LogP contribution in [0.1, 0.15) is 36.6 Å². The summed E-state index contributed by atoms with van der Waals surface area (Å²) in [6, 6.07) is 4.62. The molecule has 3 heteroatoms. The molecule has 0 aliphatic rings. The molecule has 0 saturated carbocycles. The van der Waals surface area contributed by atoms with Crippen molar-refractivity contribution < 1.29 is 0 Å². The summed E-state index contributed by atoms with van der Waals surface area (Å²) in [5.41, 5.74) is 4.02. The molecule has 0 aromatic carbocycles. The summed E-state index contributed by atoms with van der Waals surface area (Å²) >= 11 is 1.75. The molecule has 0 spiro atoms. The van der Waals surface area contributed by atoms with Gasteiger partial charge in [0.15, 0.2) is 0 Å². The van der Waals surface area contributed by atoms with Crippen LogP contribution >= 0.6 is 11.3 Å². The molecule has 0 radical (unpaired) electrons. The highest BCUT2D eigenvalue weighted by Crippen LogP contribution is 2.26. The van der Waals surface area contributed by atoms with Gasteiger partial charge in [0.05, 0.1) is 6.04 Å². The number of hydrogen-bond donors (Lipinski definition) is 1. The first-order valence-electron chi connectivity index (χ1n) is 6.05. The third-order valence-corrected chi connectivity index (χ3v) is 3.62. The van der Waals surface area contributed by atoms with Gasteiger partial charge in [-0.1, -0.05) is 13.8 Å². The second-order valence-electron chi connectivity index (χ2n) is 3.98. The van der Waals surface area contributed by atoms with E-state index >= 15 is 0 Å². The Balaban J connectivity index is 2.39. The number of nitrogens with zero attached hydrogens (tertiary/aromatic N) is 1. The zero-order chi connectivity index (χ0) is 12.1. The first kappa shape index (κ1) is 12.3. The maximum atomic E-state index is 4.21. The summed E-state index contributed by atoms with van der Waals surface area (Å²) in [7, 11) is 0. The summed E-state index contributed by atoms with van der Waals surface area (Å²) in [6.07, 6.45) is 4.88. The Morgan fingerprint density at radius 3 is 2.88 bits per heavy atom. The second kappa shape index (κ2) is 5.94. The Kier molecular flexibility index (Phi) is 4.29. The standard InChI is InChI=1S/C14H18N2S/c1-3-11-9-15-7-5-13(11)14(16-4-2)12-6-8-17-10-12/h5-10,14,16H,3-4H2,1-2H3. The van der Waals surface area contributed by atoms with Gasteiger partial charge < -0.3 is 5.32 Å². The Hall–Kier alpha value is -1.19. The molecule has 17 heavy (non-hydrogen) atoms. The smallest absolute Gasteiger partial charge is 0.0588 e. The SMILES string of the molecule is CCNC(c1ccsc1)c1ccncc1CC. The average molecular weight is 246 g/mol. The third kappa shape index (κ3) is 2.73. The van der Waals surface area contributed by atoms with Crippen molar-refractivity contribution in [1.82, 2.24) is 10.3 Å². The van der Waals surface area contributed by atoms with E-state index in [1.807, 2.05) is 12.4 Å². The van der Waals surface area contributed by atoms with Crippen LogP contribution in [-0.4, -0.2) is 11.5 Å². The van der Waals surface area contributed by atoms with E-state index in [9.17, 15) is 0 Å². The van der Waals surface area contributed by atoms with E-state index in [4.69, 9.17) is 0 Å². The van der Waals surface area contributed by atoms with Crippen LogP contribution in [0.4, 0.5) is 0 Å². The molecule has 0 aliphatic carbocycles. The summed E-state index contributed by atoms with van der Waals surface area (Å²) in [5, 5.41) is 7.90. The van der Waals surface area contributed by atoms with Crippen molar-refractivity contribution in [2.75, 3.05) is 6.54 Å². The molecule has 1 atom stereocenters. The summed E-state index contributed by atoms with van der Waals surface area (Å²) in [6.45, 7) is 5.29. The zero-order valence-corrected chi connectivity index (χ0v) is 11.1. The second-order valence-corrected chi connectivity index (χ2v) is 4.76. The van der Waals surface area contributed by atoms with Crippen molar-refractivity contribution in [3.8, 4) is 0 Å². The molecule has 0 aliphatic heterocycles. The van der Waals surface area contributed by atoms with E-state index in [1.54, 1.807) is 11.3 Å². The zero-order valence-electron chi connectivity index (χ0n) is 10.3. The molecule has 2 nitrogen and oxygen atoms in total. The van der Waals surface area contributed by atoms with Crippen LogP contribution in [-0.2, 0) is 6.42 Å². The predicted molar refractivity (Wildman–Crippen MR) is 73.5 cm³/mol. The fourth-order valence-corrected chi connectivity index (χ4v) is 2.75. The van der Waals surface area contributed by atoms with Gasteiger partial charge in [0, 0.05) is 12.4 Å². The predicted octanol–water partition coefficient (Wildman–Crippen LogP) is 3.40. The number of nitrogens with one attached hydrogen (secondary N) is 1. The Bertz CT molecular complexity index is 451. The van der Waals surface area contributed by atoms with Crippen molar-refractivity contribution in [3.63, 3.8) is 0 Å². The van der Waals surface area contributed by atoms with Gasteiger partial charge in [0.1, 0.15) is 0 Å². The first-order chi connectivity index (χ1) is 8.36. The maximum Gasteiger partial charge on any atom is 0.0588 e. The Morgan fingerprint density at radius 1 is 1.35 bits per heavy atom. The molecular weight excluding hydrogens is 228 g/mol. The van der Waals surface area contributed by atoms with E-state index in [0.717, 1.165) is 13.0 Å². The summed E-state index contributed by atoms with van der Waals surface area (Å²) < 4.78 is 0. The molecule has 2 aromatic heterocycles. The molecule has 2 heterocycles. The lowest BCUT2D eigenvalue weighted by Gasteiger charge is -2.20. The van der Waals surface area contributed by atoms with Gasteiger partial charge in [-0.25, -0.2) is 0 Å². The van der Waals surface area contributed by atoms with Crippen molar-refractivity contribution in [2.24, 2.45) is 0 Å². The first-order valence-corrected chi connectivity index (χ1v) is 6.99. The lowest BCUT2D eigenvalue weighted by molar-refractivity contribution is 0.626. The van der Waals surface area contributed by atoms with Gasteiger partial charge in [-0.15, -0.1) is 0 Å². The quantitative estimate of drug-likeness (QED) is 0.874. The van der Waals surface area contributed by atoms with Gasteiger partial charge in [-0.3, -0.25) is 4.98 Å². The number of aromatic nitrogens is 1. The third-order valence-electron chi connectivity index (χ3n) is 2.92. The summed E-state index contributed by atoms with van der Waals surface area (Å²) in [4.78, 5) is 4.21. The fraction of sp³-hybridized carbons (Fsp3) is 0.357. The number of hydrogen-bond acceptors (Lipinski definition) is 3. The van der Waals surface area contributed by atoms with Crippen molar-refractivity contribution in [2.45, 2.75) is 26.3 Å². The fourth-order valence-electron chi connectivity index (χ4n) is 2.07. The van der Waals surface area contributed by atoms with Crippen LogP contribution in [0.15, 0.2) is 35.3 Å². The topological polar surface area (TPSA) is 24.9 Å². The largest absolute Gasteiger partial charge is 0.306 e. The van der Waals surface area contributed by atoms with Crippen LogP contribution in [0.25, 0.3) is 0 Å². The molecule has 1 unspecified atom stereocenters. The van der Waals surface area contributed by atoms with Crippen LogP contribution in [0.2, 0.25) is 0 Å². The van der Waals surface area contributed by atoms with Gasteiger partial charge in [0.25, 0.3) is 0 Å².